The highest BCUT2D eigenvalue weighted by atomic mass is 35.5. The number of rotatable bonds is 7. The van der Waals surface area contributed by atoms with Crippen LogP contribution in [0.1, 0.15) is 23.2 Å². The lowest BCUT2D eigenvalue weighted by molar-refractivity contribution is 0.0697. The van der Waals surface area contributed by atoms with Crippen molar-refractivity contribution >= 4 is 40.9 Å². The Labute approximate surface area is 132 Å². The Hall–Kier alpha value is -1.50. The van der Waals surface area contributed by atoms with E-state index >= 15 is 0 Å². The molecule has 1 rings (SSSR count). The Morgan fingerprint density at radius 2 is 1.86 bits per heavy atom. The second-order valence-corrected chi connectivity index (χ2v) is 5.02. The summed E-state index contributed by atoms with van der Waals surface area (Å²) in [5.41, 5.74) is 0.133. The number of hydrogen-bond donors (Lipinski definition) is 3. The molecule has 8 heteroatoms. The number of nitrogens with one attached hydrogen (secondary N) is 2. The van der Waals surface area contributed by atoms with E-state index < -0.39 is 12.0 Å². The molecule has 0 spiro atoms. The lowest BCUT2D eigenvalue weighted by Gasteiger charge is -2.11. The first kappa shape index (κ1) is 17.6. The molecule has 0 radical (unpaired) electrons. The number of methoxy groups -OCH3 is 1. The number of carbonyl (C=O) groups is 2. The summed E-state index contributed by atoms with van der Waals surface area (Å²) >= 11 is 11.8. The molecule has 0 heterocycles. The molecule has 116 valence electrons. The first-order valence-electron chi connectivity index (χ1n) is 6.21. The van der Waals surface area contributed by atoms with Crippen LogP contribution in [0.25, 0.3) is 0 Å². The minimum absolute atomic E-state index is 0.0458. The van der Waals surface area contributed by atoms with Crippen LogP contribution in [0.5, 0.6) is 0 Å². The number of anilines is 1. The predicted octanol–water partition coefficient (Wildman–Crippen LogP) is 3.24. The number of urea groups is 1. The molecule has 0 saturated carbocycles. The average molecular weight is 335 g/mol. The van der Waals surface area contributed by atoms with Crippen LogP contribution in [0.3, 0.4) is 0 Å². The van der Waals surface area contributed by atoms with Gasteiger partial charge < -0.3 is 20.5 Å². The van der Waals surface area contributed by atoms with Gasteiger partial charge in [-0.05, 0) is 25.0 Å². The Kier molecular flexibility index (Phi) is 7.28. The lowest BCUT2D eigenvalue weighted by Crippen LogP contribution is -2.29. The fourth-order valence-electron chi connectivity index (χ4n) is 1.55. The molecule has 1 aromatic carbocycles. The third-order valence-electron chi connectivity index (χ3n) is 2.59. The Balaban J connectivity index is 2.58. The first-order valence-corrected chi connectivity index (χ1v) is 6.97. The van der Waals surface area contributed by atoms with Gasteiger partial charge in [0.25, 0.3) is 0 Å². The topological polar surface area (TPSA) is 87.7 Å². The molecular weight excluding hydrogens is 319 g/mol. The maximum atomic E-state index is 11.7. The molecule has 1 aromatic rings. The maximum absolute atomic E-state index is 11.7. The number of ether oxygens (including phenoxy) is 1. The number of carboxylic acid groups (broad SMARTS) is 1. The van der Waals surface area contributed by atoms with Gasteiger partial charge in [0.1, 0.15) is 0 Å². The van der Waals surface area contributed by atoms with Gasteiger partial charge in [-0.3, -0.25) is 0 Å². The Morgan fingerprint density at radius 1 is 1.24 bits per heavy atom. The van der Waals surface area contributed by atoms with Gasteiger partial charge >= 0.3 is 12.0 Å². The van der Waals surface area contributed by atoms with E-state index in [4.69, 9.17) is 33.0 Å². The van der Waals surface area contributed by atoms with E-state index in [1.807, 2.05) is 0 Å². The monoisotopic (exact) mass is 334 g/mol. The van der Waals surface area contributed by atoms with Gasteiger partial charge in [0.05, 0.1) is 21.3 Å². The number of hydrogen-bond acceptors (Lipinski definition) is 3. The molecule has 0 unspecified atom stereocenters. The molecule has 0 aliphatic heterocycles. The van der Waals surface area contributed by atoms with Crippen LogP contribution in [0.4, 0.5) is 10.5 Å². The number of aromatic carboxylic acids is 1. The molecule has 0 saturated heterocycles. The highest BCUT2D eigenvalue weighted by Gasteiger charge is 2.14. The Bertz CT molecular complexity index is 500. The highest BCUT2D eigenvalue weighted by Crippen LogP contribution is 2.31. The highest BCUT2D eigenvalue weighted by molar-refractivity contribution is 6.40. The van der Waals surface area contributed by atoms with E-state index in [9.17, 15) is 9.59 Å². The summed E-state index contributed by atoms with van der Waals surface area (Å²) in [6.45, 7) is 1.12. The normalized spacial score (nSPS) is 10.2. The van der Waals surface area contributed by atoms with Crippen LogP contribution in [-0.2, 0) is 4.74 Å². The zero-order valence-electron chi connectivity index (χ0n) is 11.4. The van der Waals surface area contributed by atoms with Gasteiger partial charge in [-0.25, -0.2) is 9.59 Å². The molecule has 0 fully saturated rings. The van der Waals surface area contributed by atoms with Gasteiger partial charge in [-0.2, -0.15) is 0 Å². The molecule has 0 aliphatic rings. The minimum Gasteiger partial charge on any atom is -0.478 e. The summed E-state index contributed by atoms with van der Waals surface area (Å²) in [4.78, 5) is 22.5. The number of halogens is 2. The largest absolute Gasteiger partial charge is 0.478 e. The van der Waals surface area contributed by atoms with Gasteiger partial charge in [-0.15, -0.1) is 0 Å². The quantitative estimate of drug-likeness (QED) is 0.668. The van der Waals surface area contributed by atoms with Crippen LogP contribution in [0.15, 0.2) is 12.1 Å². The van der Waals surface area contributed by atoms with Crippen molar-refractivity contribution in [3.05, 3.63) is 27.7 Å². The molecular formula is C13H16Cl2N2O4. The van der Waals surface area contributed by atoms with E-state index in [0.717, 1.165) is 12.8 Å². The zero-order chi connectivity index (χ0) is 15.8. The van der Waals surface area contributed by atoms with Gasteiger partial charge in [0.2, 0.25) is 0 Å². The smallest absolute Gasteiger partial charge is 0.335 e. The number of unbranched alkanes of at least 4 members (excludes halogenated alkanes) is 1. The summed E-state index contributed by atoms with van der Waals surface area (Å²) in [6.07, 6.45) is 1.62. The van der Waals surface area contributed by atoms with Crippen LogP contribution >= 0.6 is 23.2 Å². The maximum Gasteiger partial charge on any atom is 0.335 e. The van der Waals surface area contributed by atoms with Crippen LogP contribution in [0.2, 0.25) is 10.0 Å². The Morgan fingerprint density at radius 3 is 2.38 bits per heavy atom. The van der Waals surface area contributed by atoms with Gasteiger partial charge in [0.15, 0.2) is 0 Å². The van der Waals surface area contributed by atoms with Crippen molar-refractivity contribution in [2.45, 2.75) is 12.8 Å². The number of carboxylic acids is 1. The predicted molar refractivity (Wildman–Crippen MR) is 81.6 cm³/mol. The molecule has 2 amide bonds. The summed E-state index contributed by atoms with van der Waals surface area (Å²) in [7, 11) is 1.62. The molecule has 21 heavy (non-hydrogen) atoms. The van der Waals surface area contributed by atoms with Crippen molar-refractivity contribution in [1.82, 2.24) is 5.32 Å². The summed E-state index contributed by atoms with van der Waals surface area (Å²) in [6, 6.07) is 1.99. The second-order valence-electron chi connectivity index (χ2n) is 4.20. The van der Waals surface area contributed by atoms with Gasteiger partial charge in [-0.1, -0.05) is 23.2 Å². The number of carbonyl (C=O) groups excluding carboxylic acids is 1. The fourth-order valence-corrected chi connectivity index (χ4v) is 2.13. The van der Waals surface area contributed by atoms with Crippen molar-refractivity contribution in [1.29, 1.82) is 0 Å². The van der Waals surface area contributed by atoms with E-state index in [2.05, 4.69) is 10.6 Å². The number of benzene rings is 1. The van der Waals surface area contributed by atoms with E-state index in [1.165, 1.54) is 12.1 Å². The average Bonchev–Trinajstić information content (AvgIpc) is 2.42. The fraction of sp³-hybridized carbons (Fsp3) is 0.385. The SMILES string of the molecule is COCCCCNC(=O)Nc1c(Cl)cc(C(=O)O)cc1Cl. The third kappa shape index (κ3) is 5.79. The molecule has 6 nitrogen and oxygen atoms in total. The number of amides is 2. The third-order valence-corrected chi connectivity index (χ3v) is 3.18. The van der Waals surface area contributed by atoms with Crippen molar-refractivity contribution in [3.8, 4) is 0 Å². The van der Waals surface area contributed by atoms with Crippen LogP contribution < -0.4 is 10.6 Å². The van der Waals surface area contributed by atoms with Crippen molar-refractivity contribution < 1.29 is 19.4 Å². The summed E-state index contributed by atoms with van der Waals surface area (Å²) in [5.74, 6) is -1.15. The van der Waals surface area contributed by atoms with Crippen molar-refractivity contribution in [2.24, 2.45) is 0 Å². The minimum atomic E-state index is -1.15. The van der Waals surface area contributed by atoms with Gasteiger partial charge in [0, 0.05) is 20.3 Å². The summed E-state index contributed by atoms with van der Waals surface area (Å²) < 4.78 is 4.90. The lowest BCUT2D eigenvalue weighted by atomic mass is 10.2. The van der Waals surface area contributed by atoms with E-state index in [-0.39, 0.29) is 21.3 Å². The van der Waals surface area contributed by atoms with E-state index in [0.29, 0.717) is 13.2 Å². The standard InChI is InChI=1S/C13H16Cl2N2O4/c1-21-5-3-2-4-16-13(20)17-11-9(14)6-8(12(18)19)7-10(11)15/h6-7H,2-5H2,1H3,(H,18,19)(H2,16,17,20). The molecule has 3 N–H and O–H groups in total. The van der Waals surface area contributed by atoms with Crippen molar-refractivity contribution in [3.63, 3.8) is 0 Å². The molecule has 0 bridgehead atoms. The van der Waals surface area contributed by atoms with Crippen LogP contribution in [0, 0.1) is 0 Å². The summed E-state index contributed by atoms with van der Waals surface area (Å²) in [5, 5.41) is 14.1. The first-order chi connectivity index (χ1) is 9.95. The molecule has 0 aromatic heterocycles. The van der Waals surface area contributed by atoms with Crippen molar-refractivity contribution in [2.75, 3.05) is 25.6 Å². The second kappa shape index (κ2) is 8.71. The van der Waals surface area contributed by atoms with Crippen LogP contribution in [-0.4, -0.2) is 37.4 Å². The molecule has 0 atom stereocenters. The molecule has 0 aliphatic carbocycles. The van der Waals surface area contributed by atoms with E-state index in [1.54, 1.807) is 7.11 Å². The zero-order valence-corrected chi connectivity index (χ0v) is 12.9.